The van der Waals surface area contributed by atoms with Gasteiger partial charge in [0.05, 0.1) is 0 Å². The number of aliphatic hydroxyl groups is 1. The minimum absolute atomic E-state index is 0.242. The molecular formula is C14H20FNO2. The van der Waals surface area contributed by atoms with E-state index in [9.17, 15) is 4.39 Å². The zero-order valence-corrected chi connectivity index (χ0v) is 10.5. The molecule has 1 heterocycles. The zero-order valence-electron chi connectivity index (χ0n) is 10.5. The number of benzene rings is 1. The zero-order chi connectivity index (χ0) is 12.8. The van der Waals surface area contributed by atoms with Gasteiger partial charge in [-0.25, -0.2) is 4.39 Å². The van der Waals surface area contributed by atoms with Crippen LogP contribution in [0.2, 0.25) is 0 Å². The molecule has 0 saturated carbocycles. The number of aliphatic hydroxyl groups excluding tert-OH is 1. The maximum absolute atomic E-state index is 12.7. The molecule has 0 amide bonds. The van der Waals surface area contributed by atoms with Crippen molar-refractivity contribution in [3.05, 3.63) is 30.1 Å². The van der Waals surface area contributed by atoms with Gasteiger partial charge in [-0.05, 0) is 56.1 Å². The van der Waals surface area contributed by atoms with Crippen LogP contribution in [0.1, 0.15) is 12.8 Å². The maximum atomic E-state index is 12.7. The van der Waals surface area contributed by atoms with Crippen molar-refractivity contribution in [2.24, 2.45) is 5.92 Å². The summed E-state index contributed by atoms with van der Waals surface area (Å²) in [7, 11) is 0. The fourth-order valence-corrected chi connectivity index (χ4v) is 2.22. The van der Waals surface area contributed by atoms with Crippen LogP contribution in [0, 0.1) is 11.7 Å². The Morgan fingerprint density at radius 2 is 1.89 bits per heavy atom. The van der Waals surface area contributed by atoms with Crippen molar-refractivity contribution in [1.29, 1.82) is 0 Å². The first-order chi connectivity index (χ1) is 8.78. The van der Waals surface area contributed by atoms with Crippen molar-refractivity contribution < 1.29 is 14.2 Å². The van der Waals surface area contributed by atoms with E-state index in [4.69, 9.17) is 9.84 Å². The largest absolute Gasteiger partial charge is 0.492 e. The highest BCUT2D eigenvalue weighted by Gasteiger charge is 2.17. The standard InChI is InChI=1S/C14H20FNO2/c15-13-1-3-14(4-2-13)18-10-9-16-7-5-12(11-17)6-8-16/h1-4,12,17H,5-11H2. The van der Waals surface area contributed by atoms with E-state index < -0.39 is 0 Å². The molecule has 18 heavy (non-hydrogen) atoms. The molecule has 4 heteroatoms. The molecule has 0 bridgehead atoms. The highest BCUT2D eigenvalue weighted by molar-refractivity contribution is 5.21. The van der Waals surface area contributed by atoms with E-state index in [2.05, 4.69) is 4.90 Å². The van der Waals surface area contributed by atoms with E-state index in [0.717, 1.165) is 32.5 Å². The van der Waals surface area contributed by atoms with Crippen molar-refractivity contribution >= 4 is 0 Å². The molecule has 0 atom stereocenters. The van der Waals surface area contributed by atoms with E-state index in [-0.39, 0.29) is 5.82 Å². The molecule has 0 spiro atoms. The minimum atomic E-state index is -0.242. The second-order valence-corrected chi connectivity index (χ2v) is 4.77. The Balaban J connectivity index is 1.65. The van der Waals surface area contributed by atoms with Gasteiger partial charge in [-0.1, -0.05) is 0 Å². The highest BCUT2D eigenvalue weighted by Crippen LogP contribution is 2.16. The monoisotopic (exact) mass is 253 g/mol. The third-order valence-electron chi connectivity index (χ3n) is 3.46. The predicted octanol–water partition coefficient (Wildman–Crippen LogP) is 1.91. The summed E-state index contributed by atoms with van der Waals surface area (Å²) in [4.78, 5) is 2.34. The summed E-state index contributed by atoms with van der Waals surface area (Å²) in [5.74, 6) is 0.939. The topological polar surface area (TPSA) is 32.7 Å². The number of ether oxygens (including phenoxy) is 1. The lowest BCUT2D eigenvalue weighted by Gasteiger charge is -2.30. The number of hydrogen-bond acceptors (Lipinski definition) is 3. The Hall–Kier alpha value is -1.13. The van der Waals surface area contributed by atoms with E-state index in [0.29, 0.717) is 24.9 Å². The summed E-state index contributed by atoms with van der Waals surface area (Å²) in [5.41, 5.74) is 0. The van der Waals surface area contributed by atoms with Crippen LogP contribution in [-0.2, 0) is 0 Å². The molecule has 0 aliphatic carbocycles. The number of likely N-dealkylation sites (tertiary alicyclic amines) is 1. The van der Waals surface area contributed by atoms with Gasteiger partial charge >= 0.3 is 0 Å². The number of nitrogens with zero attached hydrogens (tertiary/aromatic N) is 1. The SMILES string of the molecule is OCC1CCN(CCOc2ccc(F)cc2)CC1. The summed E-state index contributed by atoms with van der Waals surface area (Å²) in [6.07, 6.45) is 2.13. The summed E-state index contributed by atoms with van der Waals surface area (Å²) < 4.78 is 18.2. The van der Waals surface area contributed by atoms with Crippen molar-refractivity contribution in [3.63, 3.8) is 0 Å². The van der Waals surface area contributed by atoms with Crippen LogP contribution in [-0.4, -0.2) is 42.9 Å². The Labute approximate surface area is 107 Å². The van der Waals surface area contributed by atoms with Gasteiger partial charge in [0.25, 0.3) is 0 Å². The molecule has 1 N–H and O–H groups in total. The molecule has 1 aliphatic heterocycles. The molecule has 100 valence electrons. The predicted molar refractivity (Wildman–Crippen MR) is 68.1 cm³/mol. The summed E-state index contributed by atoms with van der Waals surface area (Å²) in [6.45, 7) is 3.86. The molecule has 3 nitrogen and oxygen atoms in total. The van der Waals surface area contributed by atoms with E-state index in [1.54, 1.807) is 12.1 Å². The average Bonchev–Trinajstić information content (AvgIpc) is 2.42. The Morgan fingerprint density at radius 1 is 1.22 bits per heavy atom. The molecule has 1 aromatic carbocycles. The second-order valence-electron chi connectivity index (χ2n) is 4.77. The van der Waals surface area contributed by atoms with Crippen LogP contribution in [0.4, 0.5) is 4.39 Å². The number of hydrogen-bond donors (Lipinski definition) is 1. The molecule has 0 unspecified atom stereocenters. The van der Waals surface area contributed by atoms with Crippen molar-refractivity contribution in [3.8, 4) is 5.75 Å². The first-order valence-electron chi connectivity index (χ1n) is 6.49. The van der Waals surface area contributed by atoms with E-state index in [1.165, 1.54) is 12.1 Å². The molecule has 0 radical (unpaired) electrons. The van der Waals surface area contributed by atoms with Gasteiger partial charge in [0.1, 0.15) is 18.2 Å². The molecule has 2 rings (SSSR count). The van der Waals surface area contributed by atoms with Crippen LogP contribution < -0.4 is 4.74 Å². The van der Waals surface area contributed by atoms with Crippen molar-refractivity contribution in [2.45, 2.75) is 12.8 Å². The fourth-order valence-electron chi connectivity index (χ4n) is 2.22. The normalized spacial score (nSPS) is 17.9. The van der Waals surface area contributed by atoms with Gasteiger partial charge in [0, 0.05) is 13.2 Å². The molecule has 1 fully saturated rings. The lowest BCUT2D eigenvalue weighted by atomic mass is 9.98. The van der Waals surface area contributed by atoms with Gasteiger partial charge in [-0.3, -0.25) is 4.90 Å². The quantitative estimate of drug-likeness (QED) is 0.870. The Kier molecular flexibility index (Phi) is 4.96. The molecule has 1 aromatic rings. The Morgan fingerprint density at radius 3 is 2.50 bits per heavy atom. The first-order valence-corrected chi connectivity index (χ1v) is 6.49. The number of halogens is 1. The highest BCUT2D eigenvalue weighted by atomic mass is 19.1. The summed E-state index contributed by atoms with van der Waals surface area (Å²) >= 11 is 0. The van der Waals surface area contributed by atoms with Crippen molar-refractivity contribution in [2.75, 3.05) is 32.8 Å². The van der Waals surface area contributed by atoms with Gasteiger partial charge in [-0.2, -0.15) is 0 Å². The van der Waals surface area contributed by atoms with E-state index in [1.807, 2.05) is 0 Å². The van der Waals surface area contributed by atoms with Crippen LogP contribution >= 0.6 is 0 Å². The van der Waals surface area contributed by atoms with Gasteiger partial charge in [0.15, 0.2) is 0 Å². The number of piperidine rings is 1. The van der Waals surface area contributed by atoms with Crippen LogP contribution in [0.15, 0.2) is 24.3 Å². The van der Waals surface area contributed by atoms with Crippen LogP contribution in [0.25, 0.3) is 0 Å². The third-order valence-corrected chi connectivity index (χ3v) is 3.46. The molecule has 1 saturated heterocycles. The van der Waals surface area contributed by atoms with Gasteiger partial charge < -0.3 is 9.84 Å². The van der Waals surface area contributed by atoms with Crippen molar-refractivity contribution in [1.82, 2.24) is 4.90 Å². The van der Waals surface area contributed by atoms with Gasteiger partial charge in [-0.15, -0.1) is 0 Å². The average molecular weight is 253 g/mol. The smallest absolute Gasteiger partial charge is 0.123 e. The lowest BCUT2D eigenvalue weighted by Crippen LogP contribution is -2.37. The first kappa shape index (κ1) is 13.3. The fraction of sp³-hybridized carbons (Fsp3) is 0.571. The van der Waals surface area contributed by atoms with Crippen LogP contribution in [0.3, 0.4) is 0 Å². The van der Waals surface area contributed by atoms with Gasteiger partial charge in [0.2, 0.25) is 0 Å². The summed E-state index contributed by atoms with van der Waals surface area (Å²) in [6, 6.07) is 6.10. The van der Waals surface area contributed by atoms with Crippen LogP contribution in [0.5, 0.6) is 5.75 Å². The Bertz CT molecular complexity index is 347. The lowest BCUT2D eigenvalue weighted by molar-refractivity contribution is 0.118. The molecule has 1 aliphatic rings. The third kappa shape index (κ3) is 3.96. The summed E-state index contributed by atoms with van der Waals surface area (Å²) in [5, 5.41) is 9.05. The minimum Gasteiger partial charge on any atom is -0.492 e. The second kappa shape index (κ2) is 6.71. The molecular weight excluding hydrogens is 233 g/mol. The maximum Gasteiger partial charge on any atom is 0.123 e. The van der Waals surface area contributed by atoms with E-state index >= 15 is 0 Å². The molecule has 0 aromatic heterocycles. The number of rotatable bonds is 5.